The molecule has 4 rings (SSSR count). The highest BCUT2D eigenvalue weighted by Crippen LogP contribution is 2.20. The van der Waals surface area contributed by atoms with Crippen LogP contribution in [0.15, 0.2) is 42.0 Å². The zero-order chi connectivity index (χ0) is 17.4. The second kappa shape index (κ2) is 6.30. The smallest absolute Gasteiger partial charge is 0.291 e. The molecule has 0 saturated heterocycles. The van der Waals surface area contributed by atoms with Gasteiger partial charge in [-0.1, -0.05) is 23.7 Å². The van der Waals surface area contributed by atoms with Gasteiger partial charge >= 0.3 is 0 Å². The Labute approximate surface area is 151 Å². The number of thiazole rings is 1. The van der Waals surface area contributed by atoms with Gasteiger partial charge in [0.2, 0.25) is 5.82 Å². The minimum Gasteiger partial charge on any atom is -0.344 e. The standard InChI is InChI=1S/C16H13ClN6OS/c1-10-19-14(21-23(10)13-5-3-2-4-12(13)17)15(24)18-8-11-9-22-6-7-25-16(22)20-11/h2-7,9H,8H2,1H3,(H,18,24). The Hall–Kier alpha value is -2.71. The maximum atomic E-state index is 12.3. The monoisotopic (exact) mass is 372 g/mol. The first-order valence-electron chi connectivity index (χ1n) is 7.49. The van der Waals surface area contributed by atoms with Crippen LogP contribution in [0.2, 0.25) is 5.02 Å². The Morgan fingerprint density at radius 1 is 1.32 bits per heavy atom. The number of nitrogens with one attached hydrogen (secondary N) is 1. The molecular weight excluding hydrogens is 360 g/mol. The molecule has 9 heteroatoms. The van der Waals surface area contributed by atoms with Crippen LogP contribution in [0.1, 0.15) is 22.1 Å². The van der Waals surface area contributed by atoms with E-state index in [-0.39, 0.29) is 11.7 Å². The van der Waals surface area contributed by atoms with Crippen LogP contribution in [-0.4, -0.2) is 30.1 Å². The summed E-state index contributed by atoms with van der Waals surface area (Å²) in [5, 5.41) is 9.56. The molecule has 0 fully saturated rings. The van der Waals surface area contributed by atoms with E-state index in [4.69, 9.17) is 11.6 Å². The molecule has 3 heterocycles. The van der Waals surface area contributed by atoms with Gasteiger partial charge in [-0.25, -0.2) is 14.6 Å². The maximum absolute atomic E-state index is 12.3. The highest BCUT2D eigenvalue weighted by molar-refractivity contribution is 7.15. The quantitative estimate of drug-likeness (QED) is 0.597. The Balaban J connectivity index is 1.51. The maximum Gasteiger partial charge on any atom is 0.291 e. The van der Waals surface area contributed by atoms with Gasteiger partial charge in [-0.05, 0) is 19.1 Å². The molecule has 4 aromatic rings. The van der Waals surface area contributed by atoms with Gasteiger partial charge in [0.15, 0.2) is 4.96 Å². The number of benzene rings is 1. The minimum atomic E-state index is -0.356. The number of carbonyl (C=O) groups is 1. The van der Waals surface area contributed by atoms with Crippen molar-refractivity contribution in [1.82, 2.24) is 29.5 Å². The normalized spacial score (nSPS) is 11.1. The zero-order valence-corrected chi connectivity index (χ0v) is 14.8. The fourth-order valence-electron chi connectivity index (χ4n) is 2.45. The van der Waals surface area contributed by atoms with E-state index in [1.165, 1.54) is 0 Å². The number of carbonyl (C=O) groups excluding carboxylic acids is 1. The van der Waals surface area contributed by atoms with E-state index in [0.717, 1.165) is 10.7 Å². The van der Waals surface area contributed by atoms with Crippen molar-refractivity contribution in [3.8, 4) is 5.69 Å². The second-order valence-electron chi connectivity index (χ2n) is 5.35. The van der Waals surface area contributed by atoms with E-state index in [9.17, 15) is 4.79 Å². The lowest BCUT2D eigenvalue weighted by Gasteiger charge is -2.04. The lowest BCUT2D eigenvalue weighted by molar-refractivity contribution is 0.0940. The van der Waals surface area contributed by atoms with Crippen molar-refractivity contribution >= 4 is 33.8 Å². The van der Waals surface area contributed by atoms with Crippen LogP contribution in [-0.2, 0) is 6.54 Å². The number of nitrogens with zero attached hydrogens (tertiary/aromatic N) is 5. The van der Waals surface area contributed by atoms with Crippen molar-refractivity contribution in [3.05, 3.63) is 64.4 Å². The predicted octanol–water partition coefficient (Wildman–Crippen LogP) is 2.87. The minimum absolute atomic E-state index is 0.0958. The highest BCUT2D eigenvalue weighted by atomic mass is 35.5. The van der Waals surface area contributed by atoms with Gasteiger partial charge in [-0.3, -0.25) is 9.20 Å². The molecule has 0 atom stereocenters. The summed E-state index contributed by atoms with van der Waals surface area (Å²) in [4.78, 5) is 21.9. The summed E-state index contributed by atoms with van der Waals surface area (Å²) in [6.07, 6.45) is 3.81. The largest absolute Gasteiger partial charge is 0.344 e. The Morgan fingerprint density at radius 2 is 2.16 bits per heavy atom. The number of para-hydroxylation sites is 1. The number of hydrogen-bond donors (Lipinski definition) is 1. The third-order valence-corrected chi connectivity index (χ3v) is 4.72. The van der Waals surface area contributed by atoms with Crippen molar-refractivity contribution in [2.24, 2.45) is 0 Å². The first-order chi connectivity index (χ1) is 12.1. The van der Waals surface area contributed by atoms with Gasteiger partial charge in [0.05, 0.1) is 22.9 Å². The molecule has 1 amide bonds. The molecule has 0 aliphatic carbocycles. The van der Waals surface area contributed by atoms with Crippen molar-refractivity contribution in [1.29, 1.82) is 0 Å². The second-order valence-corrected chi connectivity index (χ2v) is 6.63. The molecular formula is C16H13ClN6OS. The van der Waals surface area contributed by atoms with E-state index >= 15 is 0 Å². The first kappa shape index (κ1) is 15.8. The number of amides is 1. The van der Waals surface area contributed by atoms with Crippen LogP contribution in [0, 0.1) is 6.92 Å². The Kier molecular flexibility index (Phi) is 3.98. The summed E-state index contributed by atoms with van der Waals surface area (Å²) in [6, 6.07) is 7.28. The van der Waals surface area contributed by atoms with Gasteiger partial charge in [0, 0.05) is 17.8 Å². The van der Waals surface area contributed by atoms with Gasteiger partial charge in [0.1, 0.15) is 5.82 Å². The van der Waals surface area contributed by atoms with Crippen LogP contribution >= 0.6 is 22.9 Å². The molecule has 0 bridgehead atoms. The average molecular weight is 373 g/mol. The van der Waals surface area contributed by atoms with Crippen molar-refractivity contribution in [2.75, 3.05) is 0 Å². The molecule has 0 saturated carbocycles. The molecule has 7 nitrogen and oxygen atoms in total. The fraction of sp³-hybridized carbons (Fsp3) is 0.125. The van der Waals surface area contributed by atoms with Crippen molar-refractivity contribution in [2.45, 2.75) is 13.5 Å². The summed E-state index contributed by atoms with van der Waals surface area (Å²) >= 11 is 7.73. The molecule has 1 aromatic carbocycles. The van der Waals surface area contributed by atoms with E-state index in [2.05, 4.69) is 20.4 Å². The third kappa shape index (κ3) is 3.01. The lowest BCUT2D eigenvalue weighted by Crippen LogP contribution is -2.24. The lowest BCUT2D eigenvalue weighted by atomic mass is 10.3. The summed E-state index contributed by atoms with van der Waals surface area (Å²) in [6.45, 7) is 2.09. The molecule has 0 radical (unpaired) electrons. The molecule has 25 heavy (non-hydrogen) atoms. The Bertz CT molecular complexity index is 1040. The summed E-state index contributed by atoms with van der Waals surface area (Å²) < 4.78 is 3.48. The summed E-state index contributed by atoms with van der Waals surface area (Å²) in [5.41, 5.74) is 1.46. The number of aromatic nitrogens is 5. The predicted molar refractivity (Wildman–Crippen MR) is 95.3 cm³/mol. The van der Waals surface area contributed by atoms with E-state index in [1.54, 1.807) is 29.0 Å². The molecule has 0 aliphatic rings. The first-order valence-corrected chi connectivity index (χ1v) is 8.75. The van der Waals surface area contributed by atoms with Crippen molar-refractivity contribution in [3.63, 3.8) is 0 Å². The van der Waals surface area contributed by atoms with Crippen LogP contribution in [0.25, 0.3) is 10.6 Å². The van der Waals surface area contributed by atoms with Gasteiger partial charge < -0.3 is 5.32 Å². The molecule has 3 aromatic heterocycles. The number of halogens is 1. The Morgan fingerprint density at radius 3 is 2.96 bits per heavy atom. The molecule has 0 unspecified atom stereocenters. The fourth-order valence-corrected chi connectivity index (χ4v) is 3.38. The van der Waals surface area contributed by atoms with Gasteiger partial charge in [-0.2, -0.15) is 0 Å². The van der Waals surface area contributed by atoms with E-state index in [1.807, 2.05) is 40.4 Å². The number of aryl methyl sites for hydroxylation is 1. The SMILES string of the molecule is Cc1nc(C(=O)NCc2cn3ccsc3n2)nn1-c1ccccc1Cl. The topological polar surface area (TPSA) is 77.1 Å². The number of imidazole rings is 1. The van der Waals surface area contributed by atoms with Crippen molar-refractivity contribution < 1.29 is 4.79 Å². The highest BCUT2D eigenvalue weighted by Gasteiger charge is 2.16. The van der Waals surface area contributed by atoms with Crippen LogP contribution in [0.5, 0.6) is 0 Å². The van der Waals surface area contributed by atoms with Gasteiger partial charge in [-0.15, -0.1) is 16.4 Å². The molecule has 126 valence electrons. The molecule has 1 N–H and O–H groups in total. The zero-order valence-electron chi connectivity index (χ0n) is 13.2. The molecule has 0 spiro atoms. The third-order valence-electron chi connectivity index (χ3n) is 3.63. The van der Waals surface area contributed by atoms with E-state index < -0.39 is 0 Å². The average Bonchev–Trinajstić information content (AvgIpc) is 3.27. The summed E-state index contributed by atoms with van der Waals surface area (Å²) in [5.74, 6) is 0.324. The number of hydrogen-bond acceptors (Lipinski definition) is 5. The van der Waals surface area contributed by atoms with Crippen LogP contribution in [0.4, 0.5) is 0 Å². The number of fused-ring (bicyclic) bond motifs is 1. The van der Waals surface area contributed by atoms with E-state index in [0.29, 0.717) is 23.1 Å². The van der Waals surface area contributed by atoms with Gasteiger partial charge in [0.25, 0.3) is 5.91 Å². The number of rotatable bonds is 4. The van der Waals surface area contributed by atoms with Crippen LogP contribution < -0.4 is 5.32 Å². The molecule has 0 aliphatic heterocycles. The summed E-state index contributed by atoms with van der Waals surface area (Å²) in [7, 11) is 0. The van der Waals surface area contributed by atoms with Crippen LogP contribution in [0.3, 0.4) is 0 Å².